The van der Waals surface area contributed by atoms with E-state index in [1.807, 2.05) is 41.3 Å². The van der Waals surface area contributed by atoms with E-state index in [0.29, 0.717) is 21.6 Å². The van der Waals surface area contributed by atoms with Crippen LogP contribution in [0.3, 0.4) is 0 Å². The van der Waals surface area contributed by atoms with Gasteiger partial charge in [-0.1, -0.05) is 42.8 Å². The molecule has 0 aromatic heterocycles. The van der Waals surface area contributed by atoms with Crippen molar-refractivity contribution < 1.29 is 9.53 Å². The van der Waals surface area contributed by atoms with Gasteiger partial charge in [-0.25, -0.2) is 4.99 Å². The summed E-state index contributed by atoms with van der Waals surface area (Å²) >= 11 is 8.32. The van der Waals surface area contributed by atoms with Gasteiger partial charge in [-0.2, -0.15) is 0 Å². The first-order valence-corrected chi connectivity index (χ1v) is 15.4. The second-order valence-electron chi connectivity index (χ2n) is 11.1. The number of aliphatic imine (C=N–C) groups is 1. The van der Waals surface area contributed by atoms with E-state index in [0.717, 1.165) is 69.2 Å². The molecular weight excluding hydrogens is 540 g/mol. The zero-order valence-electron chi connectivity index (χ0n) is 24.0. The van der Waals surface area contributed by atoms with Crippen LogP contribution in [-0.2, 0) is 9.53 Å². The molecule has 3 aliphatic rings. The number of para-hydroxylation sites is 1. The Balaban J connectivity index is 1.44. The van der Waals surface area contributed by atoms with Crippen LogP contribution in [0.1, 0.15) is 51.7 Å². The summed E-state index contributed by atoms with van der Waals surface area (Å²) in [5, 5.41) is 1.36. The standard InChI is InChI=1S/C32H39ClN4O2S/c1-5-12-37-28-21-27(33)24(19-26(28)23(2)22-32(37,3)4)20-29-30(38)36(14-9-13-35-15-17-39-18-16-35)31(40-29)34-25-10-7-6-8-11-25/h6-8,10-11,19-22H,5,9,12-18H2,1-4H3/b29-20+,34-31?. The molecule has 3 aliphatic heterocycles. The smallest absolute Gasteiger partial charge is 0.266 e. The lowest BCUT2D eigenvalue weighted by Gasteiger charge is -2.43. The predicted octanol–water partition coefficient (Wildman–Crippen LogP) is 7.08. The summed E-state index contributed by atoms with van der Waals surface area (Å²) in [6.45, 7) is 14.8. The van der Waals surface area contributed by atoms with Crippen LogP contribution in [-0.4, -0.2) is 72.4 Å². The van der Waals surface area contributed by atoms with E-state index in [4.69, 9.17) is 21.3 Å². The Kier molecular flexibility index (Phi) is 9.05. The molecule has 1 amide bonds. The number of carbonyl (C=O) groups is 1. The van der Waals surface area contributed by atoms with Crippen molar-refractivity contribution in [2.45, 2.75) is 46.1 Å². The van der Waals surface area contributed by atoms with Gasteiger partial charge in [0.2, 0.25) is 0 Å². The van der Waals surface area contributed by atoms with Crippen molar-refractivity contribution in [3.63, 3.8) is 0 Å². The van der Waals surface area contributed by atoms with Crippen LogP contribution in [0.4, 0.5) is 11.4 Å². The molecule has 0 aliphatic carbocycles. The molecule has 0 unspecified atom stereocenters. The van der Waals surface area contributed by atoms with Gasteiger partial charge in [-0.3, -0.25) is 14.6 Å². The number of thioether (sulfide) groups is 1. The third-order valence-electron chi connectivity index (χ3n) is 7.66. The van der Waals surface area contributed by atoms with Gasteiger partial charge in [0.05, 0.1) is 29.3 Å². The molecule has 212 valence electrons. The predicted molar refractivity (Wildman–Crippen MR) is 170 cm³/mol. The van der Waals surface area contributed by atoms with Crippen LogP contribution in [0.2, 0.25) is 5.02 Å². The van der Waals surface area contributed by atoms with Crippen LogP contribution in [0, 0.1) is 0 Å². The number of amides is 1. The maximum atomic E-state index is 13.7. The number of benzene rings is 2. The van der Waals surface area contributed by atoms with Crippen LogP contribution < -0.4 is 4.90 Å². The average molecular weight is 579 g/mol. The highest BCUT2D eigenvalue weighted by Gasteiger charge is 2.35. The number of hydrogen-bond acceptors (Lipinski definition) is 6. The first-order valence-electron chi connectivity index (χ1n) is 14.2. The monoisotopic (exact) mass is 578 g/mol. The maximum Gasteiger partial charge on any atom is 0.266 e. The SMILES string of the molecule is CCCN1c2cc(Cl)c(/C=C3/SC(=Nc4ccccc4)N(CCCN4CCOCC4)C3=O)cc2C(C)=CC1(C)C. The molecule has 0 radical (unpaired) electrons. The number of rotatable bonds is 8. The minimum absolute atomic E-state index is 0.0172. The van der Waals surface area contributed by atoms with Crippen molar-refractivity contribution in [3.05, 3.63) is 69.6 Å². The van der Waals surface area contributed by atoms with Gasteiger partial charge in [0, 0.05) is 49.0 Å². The second kappa shape index (κ2) is 12.5. The van der Waals surface area contributed by atoms with Gasteiger partial charge < -0.3 is 9.64 Å². The molecule has 2 fully saturated rings. The number of halogens is 1. The Morgan fingerprint density at radius 3 is 2.58 bits per heavy atom. The molecule has 5 rings (SSSR count). The van der Waals surface area contributed by atoms with Crippen LogP contribution in [0.5, 0.6) is 0 Å². The number of nitrogens with zero attached hydrogens (tertiary/aromatic N) is 4. The molecule has 2 aromatic rings. The number of carbonyl (C=O) groups excluding carboxylic acids is 1. The molecule has 0 atom stereocenters. The maximum absolute atomic E-state index is 13.7. The van der Waals surface area contributed by atoms with E-state index in [1.54, 1.807) is 0 Å². The fourth-order valence-electron chi connectivity index (χ4n) is 5.68. The van der Waals surface area contributed by atoms with E-state index < -0.39 is 0 Å². The first-order chi connectivity index (χ1) is 19.3. The minimum Gasteiger partial charge on any atom is -0.379 e. The average Bonchev–Trinajstić information content (AvgIpc) is 3.21. The topological polar surface area (TPSA) is 48.4 Å². The second-order valence-corrected chi connectivity index (χ2v) is 12.5. The normalized spacial score (nSPS) is 21.3. The number of allylic oxidation sites excluding steroid dienone is 1. The van der Waals surface area contributed by atoms with Gasteiger partial charge in [0.15, 0.2) is 5.17 Å². The zero-order chi connectivity index (χ0) is 28.3. The Labute approximate surface area is 247 Å². The van der Waals surface area contributed by atoms with Crippen LogP contribution >= 0.6 is 23.4 Å². The molecule has 40 heavy (non-hydrogen) atoms. The molecule has 2 aromatic carbocycles. The summed E-state index contributed by atoms with van der Waals surface area (Å²) in [5.41, 5.74) is 5.15. The van der Waals surface area contributed by atoms with E-state index in [1.165, 1.54) is 22.9 Å². The van der Waals surface area contributed by atoms with Gasteiger partial charge in [-0.05, 0) is 86.9 Å². The first kappa shape index (κ1) is 28.9. The molecule has 0 bridgehead atoms. The Bertz CT molecular complexity index is 1330. The van der Waals surface area contributed by atoms with E-state index in [-0.39, 0.29) is 11.4 Å². The fourth-order valence-corrected chi connectivity index (χ4v) is 6.91. The molecule has 6 nitrogen and oxygen atoms in total. The molecule has 8 heteroatoms. The number of amidine groups is 1. The van der Waals surface area contributed by atoms with Crippen molar-refractivity contribution in [2.75, 3.05) is 50.8 Å². The minimum atomic E-state index is -0.0851. The molecule has 2 saturated heterocycles. The number of anilines is 1. The molecule has 0 spiro atoms. The molecule has 3 heterocycles. The highest BCUT2D eigenvalue weighted by molar-refractivity contribution is 8.18. The summed E-state index contributed by atoms with van der Waals surface area (Å²) in [6.07, 6.45) is 6.19. The Morgan fingerprint density at radius 2 is 1.85 bits per heavy atom. The summed E-state index contributed by atoms with van der Waals surface area (Å²) < 4.78 is 5.48. The Hall–Kier alpha value is -2.58. The van der Waals surface area contributed by atoms with Crippen molar-refractivity contribution in [3.8, 4) is 0 Å². The van der Waals surface area contributed by atoms with Gasteiger partial charge >= 0.3 is 0 Å². The number of fused-ring (bicyclic) bond motifs is 1. The molecule has 0 N–H and O–H groups in total. The van der Waals surface area contributed by atoms with Gasteiger partial charge in [0.1, 0.15) is 0 Å². The van der Waals surface area contributed by atoms with Crippen molar-refractivity contribution in [1.29, 1.82) is 0 Å². The highest BCUT2D eigenvalue weighted by atomic mass is 35.5. The number of ether oxygens (including phenoxy) is 1. The number of hydrogen-bond donors (Lipinski definition) is 0. The quantitative estimate of drug-likeness (QED) is 0.313. The van der Waals surface area contributed by atoms with E-state index in [9.17, 15) is 4.79 Å². The zero-order valence-corrected chi connectivity index (χ0v) is 25.5. The van der Waals surface area contributed by atoms with Gasteiger partial charge in [0.25, 0.3) is 5.91 Å². The van der Waals surface area contributed by atoms with Crippen LogP contribution in [0.25, 0.3) is 11.6 Å². The molecule has 0 saturated carbocycles. The van der Waals surface area contributed by atoms with Crippen LogP contribution in [0.15, 0.2) is 58.4 Å². The third-order valence-corrected chi connectivity index (χ3v) is 8.99. The van der Waals surface area contributed by atoms with E-state index in [2.05, 4.69) is 55.7 Å². The highest BCUT2D eigenvalue weighted by Crippen LogP contribution is 2.43. The lowest BCUT2D eigenvalue weighted by atomic mass is 9.87. The third kappa shape index (κ3) is 6.33. The lowest BCUT2D eigenvalue weighted by Crippen LogP contribution is -2.45. The summed E-state index contributed by atoms with van der Waals surface area (Å²) in [4.78, 5) is 25.9. The molecular formula is C32H39ClN4O2S. The van der Waals surface area contributed by atoms with Crippen molar-refractivity contribution >= 4 is 57.5 Å². The van der Waals surface area contributed by atoms with E-state index >= 15 is 0 Å². The largest absolute Gasteiger partial charge is 0.379 e. The Morgan fingerprint density at radius 1 is 1.10 bits per heavy atom. The van der Waals surface area contributed by atoms with Crippen molar-refractivity contribution in [1.82, 2.24) is 9.80 Å². The summed E-state index contributed by atoms with van der Waals surface area (Å²) in [5.74, 6) is -0.0172. The van der Waals surface area contributed by atoms with Gasteiger partial charge in [-0.15, -0.1) is 0 Å². The summed E-state index contributed by atoms with van der Waals surface area (Å²) in [6, 6.07) is 14.0. The lowest BCUT2D eigenvalue weighted by molar-refractivity contribution is -0.122. The fraction of sp³-hybridized carbons (Fsp3) is 0.438. The summed E-state index contributed by atoms with van der Waals surface area (Å²) in [7, 11) is 0. The number of morpholine rings is 1. The van der Waals surface area contributed by atoms with Crippen molar-refractivity contribution in [2.24, 2.45) is 4.99 Å².